The minimum atomic E-state index is -0.455. The Labute approximate surface area is 151 Å². The molecule has 7 heteroatoms. The summed E-state index contributed by atoms with van der Waals surface area (Å²) >= 11 is 0. The number of carbonyl (C=O) groups is 1. The number of allylic oxidation sites excluding steroid dienone is 1. The highest BCUT2D eigenvalue weighted by Crippen LogP contribution is 2.22. The third-order valence-electron chi connectivity index (χ3n) is 3.52. The normalized spacial score (nSPS) is 11.0. The SMILES string of the molecule is Cc1cccc(C)c1OCC(=O)N/N=C/C=C/c1ccccc1[N+](=O)[O-]. The predicted molar refractivity (Wildman–Crippen MR) is 100 cm³/mol. The molecule has 0 radical (unpaired) electrons. The van der Waals surface area contributed by atoms with Crippen LogP contribution < -0.4 is 10.2 Å². The van der Waals surface area contributed by atoms with Crippen LogP contribution in [-0.4, -0.2) is 23.7 Å². The van der Waals surface area contributed by atoms with Gasteiger partial charge in [-0.3, -0.25) is 14.9 Å². The molecular formula is C19H19N3O4. The molecule has 0 saturated carbocycles. The van der Waals surface area contributed by atoms with Gasteiger partial charge in [0.05, 0.1) is 10.5 Å². The van der Waals surface area contributed by atoms with Gasteiger partial charge < -0.3 is 4.74 Å². The number of para-hydroxylation sites is 2. The molecule has 2 rings (SSSR count). The molecule has 0 spiro atoms. The lowest BCUT2D eigenvalue weighted by atomic mass is 10.1. The van der Waals surface area contributed by atoms with Gasteiger partial charge in [0.1, 0.15) is 5.75 Å². The number of amides is 1. The van der Waals surface area contributed by atoms with E-state index in [1.165, 1.54) is 18.4 Å². The van der Waals surface area contributed by atoms with Crippen molar-refractivity contribution in [3.63, 3.8) is 0 Å². The highest BCUT2D eigenvalue weighted by atomic mass is 16.6. The molecule has 0 saturated heterocycles. The largest absolute Gasteiger partial charge is 0.483 e. The fourth-order valence-electron chi connectivity index (χ4n) is 2.29. The number of nitrogens with one attached hydrogen (secondary N) is 1. The van der Waals surface area contributed by atoms with E-state index in [9.17, 15) is 14.9 Å². The van der Waals surface area contributed by atoms with E-state index in [4.69, 9.17) is 4.74 Å². The van der Waals surface area contributed by atoms with Crippen molar-refractivity contribution in [3.05, 3.63) is 75.3 Å². The molecule has 0 unspecified atom stereocenters. The van der Waals surface area contributed by atoms with Gasteiger partial charge in [-0.1, -0.05) is 30.3 Å². The minimum absolute atomic E-state index is 0.00295. The first kappa shape index (κ1) is 18.9. The van der Waals surface area contributed by atoms with Gasteiger partial charge in [-0.05, 0) is 43.2 Å². The zero-order valence-electron chi connectivity index (χ0n) is 14.5. The number of nitrogens with zero attached hydrogens (tertiary/aromatic N) is 2. The maximum Gasteiger partial charge on any atom is 0.277 e. The number of hydrazone groups is 1. The summed E-state index contributed by atoms with van der Waals surface area (Å²) in [6.07, 6.45) is 4.39. The minimum Gasteiger partial charge on any atom is -0.483 e. The smallest absolute Gasteiger partial charge is 0.277 e. The van der Waals surface area contributed by atoms with Crippen molar-refractivity contribution in [2.24, 2.45) is 5.10 Å². The Bertz CT molecular complexity index is 839. The number of carbonyl (C=O) groups excluding carboxylic acids is 1. The molecule has 26 heavy (non-hydrogen) atoms. The molecule has 0 heterocycles. The summed E-state index contributed by atoms with van der Waals surface area (Å²) in [6, 6.07) is 12.1. The number of rotatable bonds is 7. The van der Waals surface area contributed by atoms with Gasteiger partial charge in [0.15, 0.2) is 6.61 Å². The first-order valence-corrected chi connectivity index (χ1v) is 7.90. The van der Waals surface area contributed by atoms with Gasteiger partial charge in [-0.25, -0.2) is 5.43 Å². The fraction of sp³-hybridized carbons (Fsp3) is 0.158. The second-order valence-electron chi connectivity index (χ2n) is 5.50. The Kier molecular flexibility index (Phi) is 6.61. The van der Waals surface area contributed by atoms with E-state index in [0.29, 0.717) is 11.3 Å². The Morgan fingerprint density at radius 1 is 1.19 bits per heavy atom. The molecule has 0 aliphatic heterocycles. The second kappa shape index (κ2) is 9.12. The van der Waals surface area contributed by atoms with Crippen molar-refractivity contribution >= 4 is 23.9 Å². The van der Waals surface area contributed by atoms with Crippen LogP contribution in [0.2, 0.25) is 0 Å². The zero-order valence-corrected chi connectivity index (χ0v) is 14.5. The zero-order chi connectivity index (χ0) is 18.9. The van der Waals surface area contributed by atoms with Crippen LogP contribution in [0.1, 0.15) is 16.7 Å². The lowest BCUT2D eigenvalue weighted by Gasteiger charge is -2.10. The fourth-order valence-corrected chi connectivity index (χ4v) is 2.29. The first-order chi connectivity index (χ1) is 12.5. The summed E-state index contributed by atoms with van der Waals surface area (Å²) in [5.41, 5.74) is 4.70. The number of nitro groups is 1. The molecule has 0 aliphatic rings. The first-order valence-electron chi connectivity index (χ1n) is 7.90. The van der Waals surface area contributed by atoms with Gasteiger partial charge in [0, 0.05) is 12.3 Å². The number of hydrogen-bond acceptors (Lipinski definition) is 5. The van der Waals surface area contributed by atoms with E-state index in [0.717, 1.165) is 11.1 Å². The highest BCUT2D eigenvalue weighted by molar-refractivity contribution is 5.82. The molecule has 1 N–H and O–H groups in total. The third-order valence-corrected chi connectivity index (χ3v) is 3.52. The quantitative estimate of drug-likeness (QED) is 0.469. The van der Waals surface area contributed by atoms with Crippen molar-refractivity contribution in [1.29, 1.82) is 0 Å². The summed E-state index contributed by atoms with van der Waals surface area (Å²) in [4.78, 5) is 22.2. The molecule has 0 bridgehead atoms. The van der Waals surface area contributed by atoms with Crippen LogP contribution in [0.15, 0.2) is 53.6 Å². The van der Waals surface area contributed by atoms with Crippen LogP contribution in [-0.2, 0) is 4.79 Å². The van der Waals surface area contributed by atoms with E-state index >= 15 is 0 Å². The number of nitro benzene ring substituents is 1. The Morgan fingerprint density at radius 2 is 1.88 bits per heavy atom. The summed E-state index contributed by atoms with van der Waals surface area (Å²) in [5.74, 6) is 0.283. The third kappa shape index (κ3) is 5.27. The number of benzene rings is 2. The standard InChI is InChI=1S/C19H19N3O4/c1-14-7-5-8-15(2)19(14)26-13-18(23)21-20-12-6-10-16-9-3-4-11-17(16)22(24)25/h3-12H,13H2,1-2H3,(H,21,23)/b10-6+,20-12+. The number of ether oxygens (including phenoxy) is 1. The molecule has 2 aromatic carbocycles. The Morgan fingerprint density at radius 3 is 2.58 bits per heavy atom. The van der Waals surface area contributed by atoms with Crippen molar-refractivity contribution in [1.82, 2.24) is 5.43 Å². The van der Waals surface area contributed by atoms with E-state index in [2.05, 4.69) is 10.5 Å². The van der Waals surface area contributed by atoms with Gasteiger partial charge in [0.25, 0.3) is 11.6 Å². The summed E-state index contributed by atoms with van der Waals surface area (Å²) < 4.78 is 5.52. The van der Waals surface area contributed by atoms with Crippen molar-refractivity contribution < 1.29 is 14.5 Å². The molecule has 0 aliphatic carbocycles. The lowest BCUT2D eigenvalue weighted by molar-refractivity contribution is -0.385. The molecule has 2 aromatic rings. The van der Waals surface area contributed by atoms with Gasteiger partial charge in [0.2, 0.25) is 0 Å². The molecule has 0 aromatic heterocycles. The van der Waals surface area contributed by atoms with Crippen LogP contribution in [0.5, 0.6) is 5.75 Å². The number of hydrogen-bond donors (Lipinski definition) is 1. The maximum absolute atomic E-state index is 11.8. The van der Waals surface area contributed by atoms with Crippen LogP contribution >= 0.6 is 0 Å². The Hall–Kier alpha value is -3.48. The summed E-state index contributed by atoms with van der Waals surface area (Å²) in [6.45, 7) is 3.66. The van der Waals surface area contributed by atoms with E-state index in [1.54, 1.807) is 24.3 Å². The van der Waals surface area contributed by atoms with E-state index in [-0.39, 0.29) is 12.3 Å². The average molecular weight is 353 g/mol. The van der Waals surface area contributed by atoms with Crippen molar-refractivity contribution in [3.8, 4) is 5.75 Å². The molecular weight excluding hydrogens is 334 g/mol. The van der Waals surface area contributed by atoms with Crippen LogP contribution in [0.4, 0.5) is 5.69 Å². The van der Waals surface area contributed by atoms with Gasteiger partial charge in [-0.2, -0.15) is 5.10 Å². The number of aryl methyl sites for hydroxylation is 2. The van der Waals surface area contributed by atoms with E-state index in [1.807, 2.05) is 32.0 Å². The molecule has 134 valence electrons. The molecule has 0 atom stereocenters. The summed E-state index contributed by atoms with van der Waals surface area (Å²) in [7, 11) is 0. The van der Waals surface area contributed by atoms with Crippen molar-refractivity contribution in [2.75, 3.05) is 6.61 Å². The average Bonchev–Trinajstić information content (AvgIpc) is 2.61. The Balaban J connectivity index is 1.85. The molecule has 7 nitrogen and oxygen atoms in total. The summed E-state index contributed by atoms with van der Waals surface area (Å²) in [5, 5.41) is 14.7. The molecule has 0 fully saturated rings. The topological polar surface area (TPSA) is 93.8 Å². The highest BCUT2D eigenvalue weighted by Gasteiger charge is 2.09. The van der Waals surface area contributed by atoms with Gasteiger partial charge in [-0.15, -0.1) is 0 Å². The second-order valence-corrected chi connectivity index (χ2v) is 5.50. The van der Waals surface area contributed by atoms with Crippen LogP contribution in [0, 0.1) is 24.0 Å². The van der Waals surface area contributed by atoms with E-state index < -0.39 is 10.8 Å². The maximum atomic E-state index is 11.8. The van der Waals surface area contributed by atoms with Crippen molar-refractivity contribution in [2.45, 2.75) is 13.8 Å². The predicted octanol–water partition coefficient (Wildman–Crippen LogP) is 3.41. The van der Waals surface area contributed by atoms with Crippen LogP contribution in [0.25, 0.3) is 6.08 Å². The van der Waals surface area contributed by atoms with Gasteiger partial charge >= 0.3 is 0 Å². The lowest BCUT2D eigenvalue weighted by Crippen LogP contribution is -2.24. The monoisotopic (exact) mass is 353 g/mol. The molecule has 1 amide bonds. The van der Waals surface area contributed by atoms with Crippen LogP contribution in [0.3, 0.4) is 0 Å².